The van der Waals surface area contributed by atoms with Gasteiger partial charge in [0.15, 0.2) is 0 Å². The molecule has 0 radical (unpaired) electrons. The smallest absolute Gasteiger partial charge is 0.141 e. The summed E-state index contributed by atoms with van der Waals surface area (Å²) in [5, 5.41) is 7.34. The Hall–Kier alpha value is -1.58. The zero-order valence-electron chi connectivity index (χ0n) is 11.2. The number of amidine groups is 1. The highest BCUT2D eigenvalue weighted by Crippen LogP contribution is 2.30. The van der Waals surface area contributed by atoms with E-state index in [1.807, 2.05) is 18.3 Å². The van der Waals surface area contributed by atoms with Crippen LogP contribution in [0, 0.1) is 11.3 Å². The fourth-order valence-corrected chi connectivity index (χ4v) is 2.82. The van der Waals surface area contributed by atoms with E-state index in [-0.39, 0.29) is 5.84 Å². The van der Waals surface area contributed by atoms with E-state index in [1.54, 1.807) is 0 Å². The monoisotopic (exact) mass is 246 g/mol. The first kappa shape index (κ1) is 12.9. The van der Waals surface area contributed by atoms with Crippen LogP contribution >= 0.6 is 0 Å². The Morgan fingerprint density at radius 1 is 1.39 bits per heavy atom. The van der Waals surface area contributed by atoms with E-state index in [4.69, 9.17) is 11.1 Å². The van der Waals surface area contributed by atoms with Crippen molar-refractivity contribution in [2.24, 2.45) is 11.7 Å². The van der Waals surface area contributed by atoms with Crippen LogP contribution < -0.4 is 10.6 Å². The van der Waals surface area contributed by atoms with Gasteiger partial charge in [-0.25, -0.2) is 0 Å². The molecule has 0 aromatic carbocycles. The number of nitrogen functional groups attached to an aromatic ring is 1. The maximum Gasteiger partial charge on any atom is 0.141 e. The molecule has 3 N–H and O–H groups in total. The number of hydrogen-bond donors (Lipinski definition) is 2. The van der Waals surface area contributed by atoms with Gasteiger partial charge in [0.25, 0.3) is 0 Å². The summed E-state index contributed by atoms with van der Waals surface area (Å²) in [5.74, 6) is 0.756. The minimum absolute atomic E-state index is 0.0234. The molecule has 2 atom stereocenters. The van der Waals surface area contributed by atoms with Crippen LogP contribution in [0.1, 0.15) is 38.3 Å². The van der Waals surface area contributed by atoms with Crippen molar-refractivity contribution in [3.8, 4) is 0 Å². The average molecular weight is 246 g/mol. The molecule has 4 heteroatoms. The van der Waals surface area contributed by atoms with Gasteiger partial charge in [0.05, 0.1) is 11.9 Å². The van der Waals surface area contributed by atoms with Gasteiger partial charge in [-0.05, 0) is 30.9 Å². The van der Waals surface area contributed by atoms with Gasteiger partial charge >= 0.3 is 0 Å². The fraction of sp³-hybridized carbons (Fsp3) is 0.571. The third kappa shape index (κ3) is 2.63. The van der Waals surface area contributed by atoms with Gasteiger partial charge in [0, 0.05) is 13.1 Å². The molecular weight excluding hydrogens is 224 g/mol. The van der Waals surface area contributed by atoms with Crippen LogP contribution in [0.3, 0.4) is 0 Å². The molecule has 0 saturated heterocycles. The third-order valence-electron chi connectivity index (χ3n) is 3.99. The molecule has 0 amide bonds. The summed E-state index contributed by atoms with van der Waals surface area (Å²) in [7, 11) is 2.14. The standard InChI is InChI=1S/C14H22N4/c1-10-5-3-4-6-13(10)18(2)11-7-8-12(14(15)16)17-9-11/h7-10,13H,3-6H2,1-2H3,(H3,15,16). The molecule has 0 aliphatic heterocycles. The maximum absolute atomic E-state index is 7.34. The summed E-state index contributed by atoms with van der Waals surface area (Å²) < 4.78 is 0. The summed E-state index contributed by atoms with van der Waals surface area (Å²) in [6.45, 7) is 2.33. The first-order valence-electron chi connectivity index (χ1n) is 6.63. The molecule has 4 nitrogen and oxygen atoms in total. The Morgan fingerprint density at radius 3 is 2.67 bits per heavy atom. The summed E-state index contributed by atoms with van der Waals surface area (Å²) in [4.78, 5) is 6.55. The molecule has 1 heterocycles. The number of nitrogens with zero attached hydrogens (tertiary/aromatic N) is 2. The highest BCUT2D eigenvalue weighted by Gasteiger charge is 2.25. The Bertz CT molecular complexity index is 412. The highest BCUT2D eigenvalue weighted by molar-refractivity contribution is 5.93. The zero-order chi connectivity index (χ0) is 13.1. The maximum atomic E-state index is 7.34. The van der Waals surface area contributed by atoms with E-state index >= 15 is 0 Å². The lowest BCUT2D eigenvalue weighted by Crippen LogP contribution is -2.39. The van der Waals surface area contributed by atoms with Crippen LogP contribution in [0.25, 0.3) is 0 Å². The number of aromatic nitrogens is 1. The van der Waals surface area contributed by atoms with Crippen LogP contribution in [-0.4, -0.2) is 23.9 Å². The molecule has 0 spiro atoms. The third-order valence-corrected chi connectivity index (χ3v) is 3.99. The molecule has 18 heavy (non-hydrogen) atoms. The molecule has 1 aliphatic carbocycles. The van der Waals surface area contributed by atoms with Crippen molar-refractivity contribution in [2.45, 2.75) is 38.6 Å². The van der Waals surface area contributed by atoms with E-state index in [0.29, 0.717) is 11.7 Å². The number of hydrogen-bond acceptors (Lipinski definition) is 3. The highest BCUT2D eigenvalue weighted by atomic mass is 15.1. The molecule has 1 aliphatic rings. The summed E-state index contributed by atoms with van der Waals surface area (Å²) >= 11 is 0. The van der Waals surface area contributed by atoms with Crippen molar-refractivity contribution in [2.75, 3.05) is 11.9 Å². The topological polar surface area (TPSA) is 66.0 Å². The van der Waals surface area contributed by atoms with Gasteiger partial charge < -0.3 is 10.6 Å². The van der Waals surface area contributed by atoms with Crippen molar-refractivity contribution in [3.05, 3.63) is 24.0 Å². The van der Waals surface area contributed by atoms with Crippen LogP contribution in [0.15, 0.2) is 18.3 Å². The second-order valence-corrected chi connectivity index (χ2v) is 5.26. The van der Waals surface area contributed by atoms with E-state index in [9.17, 15) is 0 Å². The Labute approximate surface area is 109 Å². The van der Waals surface area contributed by atoms with Crippen molar-refractivity contribution < 1.29 is 0 Å². The molecule has 1 aromatic rings. The molecule has 1 aromatic heterocycles. The quantitative estimate of drug-likeness (QED) is 0.635. The predicted octanol–water partition coefficient (Wildman–Crippen LogP) is 2.38. The van der Waals surface area contributed by atoms with Gasteiger partial charge in [-0.1, -0.05) is 19.8 Å². The molecule has 1 saturated carbocycles. The lowest BCUT2D eigenvalue weighted by Gasteiger charge is -2.37. The van der Waals surface area contributed by atoms with Crippen LogP contribution in [0.5, 0.6) is 0 Å². The second kappa shape index (κ2) is 5.38. The van der Waals surface area contributed by atoms with Crippen LogP contribution in [0.4, 0.5) is 5.69 Å². The molecule has 2 rings (SSSR count). The summed E-state index contributed by atoms with van der Waals surface area (Å²) in [6, 6.07) is 4.43. The predicted molar refractivity (Wildman–Crippen MR) is 75.1 cm³/mol. The van der Waals surface area contributed by atoms with Gasteiger partial charge in [-0.2, -0.15) is 0 Å². The largest absolute Gasteiger partial charge is 0.382 e. The molecule has 0 bridgehead atoms. The van der Waals surface area contributed by atoms with Gasteiger partial charge in [0.2, 0.25) is 0 Å². The van der Waals surface area contributed by atoms with E-state index in [1.165, 1.54) is 25.7 Å². The van der Waals surface area contributed by atoms with Crippen LogP contribution in [-0.2, 0) is 0 Å². The SMILES string of the molecule is CC1CCCCC1N(C)c1ccc(C(=N)N)nc1. The Kier molecular flexibility index (Phi) is 3.84. The van der Waals surface area contributed by atoms with E-state index < -0.39 is 0 Å². The summed E-state index contributed by atoms with van der Waals surface area (Å²) in [5.41, 5.74) is 7.07. The minimum Gasteiger partial charge on any atom is -0.382 e. The number of pyridine rings is 1. The van der Waals surface area contributed by atoms with Crippen molar-refractivity contribution in [1.29, 1.82) is 5.41 Å². The first-order valence-corrected chi connectivity index (χ1v) is 6.63. The number of anilines is 1. The van der Waals surface area contributed by atoms with E-state index in [0.717, 1.165) is 11.6 Å². The van der Waals surface area contributed by atoms with Gasteiger partial charge in [0.1, 0.15) is 11.5 Å². The molecule has 1 fully saturated rings. The number of rotatable bonds is 3. The molecule has 98 valence electrons. The summed E-state index contributed by atoms with van der Waals surface area (Å²) in [6.07, 6.45) is 7.06. The van der Waals surface area contributed by atoms with E-state index in [2.05, 4.69) is 23.9 Å². The van der Waals surface area contributed by atoms with Crippen LogP contribution in [0.2, 0.25) is 0 Å². The number of nitrogens with two attached hydrogens (primary N) is 1. The average Bonchev–Trinajstić information content (AvgIpc) is 2.38. The van der Waals surface area contributed by atoms with Crippen molar-refractivity contribution >= 4 is 11.5 Å². The van der Waals surface area contributed by atoms with Crippen molar-refractivity contribution in [3.63, 3.8) is 0 Å². The second-order valence-electron chi connectivity index (χ2n) is 5.26. The Morgan fingerprint density at radius 2 is 2.11 bits per heavy atom. The van der Waals surface area contributed by atoms with Gasteiger partial charge in [-0.15, -0.1) is 0 Å². The lowest BCUT2D eigenvalue weighted by atomic mass is 9.85. The zero-order valence-corrected chi connectivity index (χ0v) is 11.2. The fourth-order valence-electron chi connectivity index (χ4n) is 2.82. The van der Waals surface area contributed by atoms with Gasteiger partial charge in [-0.3, -0.25) is 10.4 Å². The molecular formula is C14H22N4. The van der Waals surface area contributed by atoms with Crippen molar-refractivity contribution in [1.82, 2.24) is 4.98 Å². The molecule has 2 unspecified atom stereocenters. The Balaban J connectivity index is 2.12. The normalized spacial score (nSPS) is 23.7. The first-order chi connectivity index (χ1) is 8.59. The lowest BCUT2D eigenvalue weighted by molar-refractivity contribution is 0.321. The number of nitrogens with one attached hydrogen (secondary N) is 1. The minimum atomic E-state index is 0.0234.